The number of hydrogen-bond donors (Lipinski definition) is 2. The van der Waals surface area contributed by atoms with Crippen LogP contribution in [0.3, 0.4) is 0 Å². The summed E-state index contributed by atoms with van der Waals surface area (Å²) in [4.78, 5) is 16.6. The van der Waals surface area contributed by atoms with Crippen molar-refractivity contribution in [1.29, 1.82) is 0 Å². The average Bonchev–Trinajstić information content (AvgIpc) is 2.65. The van der Waals surface area contributed by atoms with E-state index in [-0.39, 0.29) is 5.91 Å². The van der Waals surface area contributed by atoms with Crippen LogP contribution in [0.5, 0.6) is 0 Å². The SMILES string of the molecule is CNC(=O)c1sc(N)c(-c2ccccn2)c1C. The quantitative estimate of drug-likeness (QED) is 0.853. The Balaban J connectivity index is 2.57. The molecule has 2 aromatic rings. The van der Waals surface area contributed by atoms with E-state index in [2.05, 4.69) is 10.3 Å². The van der Waals surface area contributed by atoms with Crippen molar-refractivity contribution in [2.75, 3.05) is 12.8 Å². The Bertz CT molecular complexity index is 548. The molecule has 2 rings (SSSR count). The Morgan fingerprint density at radius 1 is 1.47 bits per heavy atom. The molecular weight excluding hydrogens is 234 g/mol. The first-order valence-corrected chi connectivity index (χ1v) is 5.99. The van der Waals surface area contributed by atoms with Gasteiger partial charge in [-0.1, -0.05) is 6.07 Å². The number of hydrogen-bond acceptors (Lipinski definition) is 4. The summed E-state index contributed by atoms with van der Waals surface area (Å²) >= 11 is 1.29. The molecule has 0 saturated carbocycles. The molecule has 88 valence electrons. The van der Waals surface area contributed by atoms with E-state index >= 15 is 0 Å². The van der Waals surface area contributed by atoms with Crippen molar-refractivity contribution in [3.63, 3.8) is 0 Å². The maximum absolute atomic E-state index is 11.7. The van der Waals surface area contributed by atoms with Gasteiger partial charge in [0, 0.05) is 18.8 Å². The molecule has 4 nitrogen and oxygen atoms in total. The van der Waals surface area contributed by atoms with Crippen LogP contribution in [0.15, 0.2) is 24.4 Å². The van der Waals surface area contributed by atoms with Gasteiger partial charge in [0.05, 0.1) is 15.6 Å². The van der Waals surface area contributed by atoms with E-state index in [1.165, 1.54) is 11.3 Å². The molecule has 0 aliphatic heterocycles. The fraction of sp³-hybridized carbons (Fsp3) is 0.167. The number of nitrogens with two attached hydrogens (primary N) is 1. The topological polar surface area (TPSA) is 68.0 Å². The molecule has 0 bridgehead atoms. The fourth-order valence-electron chi connectivity index (χ4n) is 1.70. The molecule has 1 amide bonds. The molecule has 2 heterocycles. The second kappa shape index (κ2) is 4.55. The van der Waals surface area contributed by atoms with E-state index in [4.69, 9.17) is 5.73 Å². The number of anilines is 1. The fourth-order valence-corrected chi connectivity index (χ4v) is 2.72. The molecule has 0 aliphatic rings. The minimum Gasteiger partial charge on any atom is -0.390 e. The van der Waals surface area contributed by atoms with E-state index < -0.39 is 0 Å². The smallest absolute Gasteiger partial charge is 0.261 e. The number of carbonyl (C=O) groups is 1. The highest BCUT2D eigenvalue weighted by atomic mass is 32.1. The second-order valence-corrected chi connectivity index (χ2v) is 4.64. The summed E-state index contributed by atoms with van der Waals surface area (Å²) in [6.07, 6.45) is 1.71. The van der Waals surface area contributed by atoms with Crippen molar-refractivity contribution in [3.05, 3.63) is 34.8 Å². The predicted molar refractivity (Wildman–Crippen MR) is 70.1 cm³/mol. The third-order valence-corrected chi connectivity index (χ3v) is 3.65. The Hall–Kier alpha value is -1.88. The van der Waals surface area contributed by atoms with Gasteiger partial charge in [0.15, 0.2) is 0 Å². The number of thiophene rings is 1. The zero-order valence-corrected chi connectivity index (χ0v) is 10.5. The van der Waals surface area contributed by atoms with Crippen LogP contribution in [0.4, 0.5) is 5.00 Å². The van der Waals surface area contributed by atoms with Gasteiger partial charge in [-0.05, 0) is 24.6 Å². The monoisotopic (exact) mass is 247 g/mol. The summed E-state index contributed by atoms with van der Waals surface area (Å²) in [6.45, 7) is 1.89. The number of nitrogens with one attached hydrogen (secondary N) is 1. The van der Waals surface area contributed by atoms with Crippen LogP contribution in [-0.2, 0) is 0 Å². The Morgan fingerprint density at radius 3 is 2.82 bits per heavy atom. The van der Waals surface area contributed by atoms with Crippen molar-refractivity contribution in [2.45, 2.75) is 6.92 Å². The van der Waals surface area contributed by atoms with Crippen LogP contribution in [0, 0.1) is 6.92 Å². The normalized spacial score (nSPS) is 10.2. The molecule has 2 aromatic heterocycles. The van der Waals surface area contributed by atoms with E-state index in [9.17, 15) is 4.79 Å². The molecule has 5 heteroatoms. The number of pyridine rings is 1. The number of aromatic nitrogens is 1. The molecule has 0 atom stereocenters. The number of nitrogens with zero attached hydrogens (tertiary/aromatic N) is 1. The molecule has 0 aromatic carbocycles. The zero-order valence-electron chi connectivity index (χ0n) is 9.65. The summed E-state index contributed by atoms with van der Waals surface area (Å²) in [5.74, 6) is -0.110. The van der Waals surface area contributed by atoms with Gasteiger partial charge < -0.3 is 11.1 Å². The summed E-state index contributed by atoms with van der Waals surface area (Å²) < 4.78 is 0. The number of nitrogen functional groups attached to an aromatic ring is 1. The molecule has 0 radical (unpaired) electrons. The lowest BCUT2D eigenvalue weighted by Gasteiger charge is -2.01. The van der Waals surface area contributed by atoms with Gasteiger partial charge >= 0.3 is 0 Å². The highest BCUT2D eigenvalue weighted by Crippen LogP contribution is 2.37. The first-order valence-electron chi connectivity index (χ1n) is 5.17. The third kappa shape index (κ3) is 2.01. The first-order chi connectivity index (χ1) is 8.15. The molecule has 0 spiro atoms. The molecule has 0 aliphatic carbocycles. The van der Waals surface area contributed by atoms with Gasteiger partial charge in [-0.2, -0.15) is 0 Å². The van der Waals surface area contributed by atoms with Crippen molar-refractivity contribution >= 4 is 22.2 Å². The summed E-state index contributed by atoms with van der Waals surface area (Å²) in [6, 6.07) is 5.64. The second-order valence-electron chi connectivity index (χ2n) is 3.59. The molecule has 0 saturated heterocycles. The van der Waals surface area contributed by atoms with Crippen molar-refractivity contribution in [2.24, 2.45) is 0 Å². The largest absolute Gasteiger partial charge is 0.390 e. The number of amides is 1. The van der Waals surface area contributed by atoms with Crippen molar-refractivity contribution < 1.29 is 4.79 Å². The lowest BCUT2D eigenvalue weighted by atomic mass is 10.1. The van der Waals surface area contributed by atoms with Gasteiger partial charge in [-0.3, -0.25) is 9.78 Å². The van der Waals surface area contributed by atoms with Crippen LogP contribution in [-0.4, -0.2) is 17.9 Å². The molecule has 17 heavy (non-hydrogen) atoms. The van der Waals surface area contributed by atoms with Gasteiger partial charge in [-0.25, -0.2) is 0 Å². The molecule has 0 fully saturated rings. The molecule has 3 N–H and O–H groups in total. The summed E-state index contributed by atoms with van der Waals surface area (Å²) in [5.41, 5.74) is 8.50. The van der Waals surface area contributed by atoms with Crippen LogP contribution in [0.1, 0.15) is 15.2 Å². The average molecular weight is 247 g/mol. The maximum atomic E-state index is 11.7. The summed E-state index contributed by atoms with van der Waals surface area (Å²) in [5, 5.41) is 3.23. The third-order valence-electron chi connectivity index (χ3n) is 2.53. The highest BCUT2D eigenvalue weighted by molar-refractivity contribution is 7.18. The van der Waals surface area contributed by atoms with Crippen molar-refractivity contribution in [1.82, 2.24) is 10.3 Å². The lowest BCUT2D eigenvalue weighted by Crippen LogP contribution is -2.17. The Labute approximate surface area is 103 Å². The number of carbonyl (C=O) groups excluding carboxylic acids is 1. The van der Waals surface area contributed by atoms with Gasteiger partial charge in [0.1, 0.15) is 0 Å². The van der Waals surface area contributed by atoms with E-state index in [0.29, 0.717) is 9.88 Å². The zero-order chi connectivity index (χ0) is 12.4. The number of rotatable bonds is 2. The predicted octanol–water partition coefficient (Wildman–Crippen LogP) is 2.06. The standard InChI is InChI=1S/C12H13N3OS/c1-7-9(8-5-3-4-6-15-8)11(13)17-10(7)12(16)14-2/h3-6H,13H2,1-2H3,(H,14,16). The summed E-state index contributed by atoms with van der Waals surface area (Å²) in [7, 11) is 1.61. The Kier molecular flexibility index (Phi) is 3.10. The van der Waals surface area contributed by atoms with Gasteiger partial charge in [0.25, 0.3) is 5.91 Å². The highest BCUT2D eigenvalue weighted by Gasteiger charge is 2.19. The first kappa shape index (κ1) is 11.6. The van der Waals surface area contributed by atoms with Crippen molar-refractivity contribution in [3.8, 4) is 11.3 Å². The molecule has 0 unspecified atom stereocenters. The maximum Gasteiger partial charge on any atom is 0.261 e. The van der Waals surface area contributed by atoms with Crippen LogP contribution in [0.2, 0.25) is 0 Å². The minimum atomic E-state index is -0.110. The molecular formula is C12H13N3OS. The van der Waals surface area contributed by atoms with Crippen LogP contribution >= 0.6 is 11.3 Å². The lowest BCUT2D eigenvalue weighted by molar-refractivity contribution is 0.0966. The van der Waals surface area contributed by atoms with Crippen LogP contribution < -0.4 is 11.1 Å². The van der Waals surface area contributed by atoms with Gasteiger partial charge in [0.2, 0.25) is 0 Å². The van der Waals surface area contributed by atoms with E-state index in [1.54, 1.807) is 13.2 Å². The van der Waals surface area contributed by atoms with Crippen LogP contribution in [0.25, 0.3) is 11.3 Å². The van der Waals surface area contributed by atoms with E-state index in [0.717, 1.165) is 16.8 Å². The Morgan fingerprint density at radius 2 is 2.24 bits per heavy atom. The van der Waals surface area contributed by atoms with E-state index in [1.807, 2.05) is 25.1 Å². The minimum absolute atomic E-state index is 0.110. The van der Waals surface area contributed by atoms with Gasteiger partial charge in [-0.15, -0.1) is 11.3 Å².